The van der Waals surface area contributed by atoms with E-state index < -0.39 is 0 Å². The highest BCUT2D eigenvalue weighted by molar-refractivity contribution is 5.85. The number of aryl methyl sites for hydroxylation is 1. The average Bonchev–Trinajstić information content (AvgIpc) is 3.27. The minimum absolute atomic E-state index is 0.0419. The van der Waals surface area contributed by atoms with Crippen molar-refractivity contribution in [3.63, 3.8) is 0 Å². The van der Waals surface area contributed by atoms with E-state index in [0.717, 1.165) is 72.5 Å². The van der Waals surface area contributed by atoms with Crippen molar-refractivity contribution in [1.82, 2.24) is 9.97 Å². The Kier molecular flexibility index (Phi) is 6.82. The zero-order valence-corrected chi connectivity index (χ0v) is 18.2. The number of fused-ring (bicyclic) bond motifs is 1. The highest BCUT2D eigenvalue weighted by Gasteiger charge is 2.28. The van der Waals surface area contributed by atoms with Crippen LogP contribution in [-0.2, 0) is 20.7 Å². The summed E-state index contributed by atoms with van der Waals surface area (Å²) in [4.78, 5) is 24.2. The molecule has 0 saturated carbocycles. The monoisotopic (exact) mass is 423 g/mol. The van der Waals surface area contributed by atoms with Crippen LogP contribution in [0.2, 0.25) is 0 Å². The molecule has 0 aliphatic carbocycles. The normalized spacial score (nSPS) is 14.8. The molecule has 7 nitrogen and oxygen atoms in total. The van der Waals surface area contributed by atoms with E-state index in [0.29, 0.717) is 13.2 Å². The molecule has 3 heterocycles. The minimum atomic E-state index is -0.0906. The van der Waals surface area contributed by atoms with Gasteiger partial charge < -0.3 is 18.8 Å². The number of benzene rings is 1. The number of nitrogens with zero attached hydrogens (tertiary/aromatic N) is 3. The van der Waals surface area contributed by atoms with Gasteiger partial charge in [0.1, 0.15) is 11.3 Å². The molecule has 0 bridgehead atoms. The summed E-state index contributed by atoms with van der Waals surface area (Å²) in [7, 11) is 1.71. The lowest BCUT2D eigenvalue weighted by atomic mass is 9.96. The molecule has 31 heavy (non-hydrogen) atoms. The highest BCUT2D eigenvalue weighted by atomic mass is 16.5. The fraction of sp³-hybridized carbons (Fsp3) is 0.458. The Morgan fingerprint density at radius 2 is 2.10 bits per heavy atom. The zero-order valence-electron chi connectivity index (χ0n) is 18.2. The number of carbonyl (C=O) groups is 1. The maximum absolute atomic E-state index is 12.1. The van der Waals surface area contributed by atoms with Crippen LogP contribution in [0.25, 0.3) is 22.2 Å². The predicted octanol–water partition coefficient (Wildman–Crippen LogP) is 4.25. The van der Waals surface area contributed by atoms with Crippen LogP contribution in [0.1, 0.15) is 31.9 Å². The second kappa shape index (κ2) is 9.92. The molecule has 4 rings (SSSR count). The summed E-state index contributed by atoms with van der Waals surface area (Å²) < 4.78 is 15.9. The number of anilines is 1. The van der Waals surface area contributed by atoms with Crippen LogP contribution < -0.4 is 4.90 Å². The van der Waals surface area contributed by atoms with Crippen LogP contribution in [0.4, 0.5) is 5.82 Å². The van der Waals surface area contributed by atoms with Crippen LogP contribution in [0.15, 0.2) is 41.1 Å². The van der Waals surface area contributed by atoms with Gasteiger partial charge in [-0.05, 0) is 56.9 Å². The van der Waals surface area contributed by atoms with Crippen molar-refractivity contribution in [3.05, 3.63) is 42.4 Å². The first kappa shape index (κ1) is 21.3. The Hall–Kier alpha value is -2.93. The third-order valence-corrected chi connectivity index (χ3v) is 5.73. The molecule has 0 atom stereocenters. The first-order valence-corrected chi connectivity index (χ1v) is 10.9. The van der Waals surface area contributed by atoms with Crippen LogP contribution in [0, 0.1) is 5.92 Å². The van der Waals surface area contributed by atoms with Gasteiger partial charge in [0.15, 0.2) is 5.82 Å². The third kappa shape index (κ3) is 4.88. The molecule has 3 aromatic rings. The van der Waals surface area contributed by atoms with Gasteiger partial charge >= 0.3 is 5.97 Å². The van der Waals surface area contributed by atoms with Gasteiger partial charge in [0.05, 0.1) is 24.5 Å². The lowest BCUT2D eigenvalue weighted by Crippen LogP contribution is -2.38. The first-order chi connectivity index (χ1) is 15.2. The number of piperidine rings is 1. The van der Waals surface area contributed by atoms with E-state index >= 15 is 0 Å². The van der Waals surface area contributed by atoms with Gasteiger partial charge in [-0.2, -0.15) is 0 Å². The van der Waals surface area contributed by atoms with Gasteiger partial charge in [0.2, 0.25) is 0 Å². The standard InChI is InChI=1S/C24H29N3O4/c1-3-30-24(28)17-8-11-27(12-9-17)23-22(25-16-20(26-23)5-4-13-29-2)19-6-7-21-18(15-19)10-14-31-21/h6-7,10,14-17H,3-5,8-9,11-13H2,1-2H3. The number of furan rings is 1. The summed E-state index contributed by atoms with van der Waals surface area (Å²) in [6.45, 7) is 4.47. The predicted molar refractivity (Wildman–Crippen MR) is 119 cm³/mol. The maximum atomic E-state index is 12.1. The van der Waals surface area contributed by atoms with Crippen molar-refractivity contribution in [1.29, 1.82) is 0 Å². The molecule has 0 radical (unpaired) electrons. The fourth-order valence-corrected chi connectivity index (χ4v) is 4.06. The van der Waals surface area contributed by atoms with Gasteiger partial charge in [-0.25, -0.2) is 4.98 Å². The largest absolute Gasteiger partial charge is 0.466 e. The Balaban J connectivity index is 1.61. The van der Waals surface area contributed by atoms with Crippen molar-refractivity contribution in [2.24, 2.45) is 5.92 Å². The molecule has 1 aromatic carbocycles. The van der Waals surface area contributed by atoms with Crippen LogP contribution in [0.3, 0.4) is 0 Å². The van der Waals surface area contributed by atoms with Gasteiger partial charge in [-0.1, -0.05) is 0 Å². The van der Waals surface area contributed by atoms with Gasteiger partial charge in [0.25, 0.3) is 0 Å². The molecule has 164 valence electrons. The van der Waals surface area contributed by atoms with Crippen LogP contribution >= 0.6 is 0 Å². The number of aromatic nitrogens is 2. The molecular weight excluding hydrogens is 394 g/mol. The minimum Gasteiger partial charge on any atom is -0.466 e. The van der Waals surface area contributed by atoms with Crippen LogP contribution in [0.5, 0.6) is 0 Å². The van der Waals surface area contributed by atoms with Crippen molar-refractivity contribution in [2.75, 3.05) is 38.3 Å². The van der Waals surface area contributed by atoms with Crippen molar-refractivity contribution < 1.29 is 18.7 Å². The lowest BCUT2D eigenvalue weighted by Gasteiger charge is -2.32. The molecular formula is C24H29N3O4. The number of methoxy groups -OCH3 is 1. The smallest absolute Gasteiger partial charge is 0.309 e. The molecule has 2 aromatic heterocycles. The topological polar surface area (TPSA) is 77.7 Å². The van der Waals surface area contributed by atoms with E-state index in [-0.39, 0.29) is 11.9 Å². The maximum Gasteiger partial charge on any atom is 0.309 e. The summed E-state index contributed by atoms with van der Waals surface area (Å²) in [5.74, 6) is 0.743. The average molecular weight is 424 g/mol. The number of hydrogen-bond donors (Lipinski definition) is 0. The molecule has 1 aliphatic heterocycles. The van der Waals surface area contributed by atoms with Crippen molar-refractivity contribution >= 4 is 22.8 Å². The summed E-state index contributed by atoms with van der Waals surface area (Å²) in [5.41, 5.74) is 3.66. The Bertz CT molecular complexity index is 1020. The Labute approximate surface area is 182 Å². The number of ether oxygens (including phenoxy) is 2. The number of esters is 1. The number of rotatable bonds is 8. The number of carbonyl (C=O) groups excluding carboxylic acids is 1. The molecule has 7 heteroatoms. The molecule has 0 amide bonds. The summed E-state index contributed by atoms with van der Waals surface area (Å²) >= 11 is 0. The first-order valence-electron chi connectivity index (χ1n) is 10.9. The molecule has 0 unspecified atom stereocenters. The fourth-order valence-electron chi connectivity index (χ4n) is 4.06. The lowest BCUT2D eigenvalue weighted by molar-refractivity contribution is -0.148. The quantitative estimate of drug-likeness (QED) is 0.396. The zero-order chi connectivity index (χ0) is 21.6. The van der Waals surface area contributed by atoms with Gasteiger partial charge in [-0.15, -0.1) is 0 Å². The molecule has 1 fully saturated rings. The second-order valence-corrected chi connectivity index (χ2v) is 7.82. The van der Waals surface area contributed by atoms with E-state index in [4.69, 9.17) is 23.9 Å². The van der Waals surface area contributed by atoms with Crippen LogP contribution in [-0.4, -0.2) is 49.4 Å². The second-order valence-electron chi connectivity index (χ2n) is 7.82. The summed E-state index contributed by atoms with van der Waals surface area (Å²) in [6, 6.07) is 8.03. The molecule has 0 N–H and O–H groups in total. The SMILES string of the molecule is CCOC(=O)C1CCN(c2nc(CCCOC)cnc2-c2ccc3occc3c2)CC1. The molecule has 1 aliphatic rings. The summed E-state index contributed by atoms with van der Waals surface area (Å²) in [5, 5.41) is 1.04. The van der Waals surface area contributed by atoms with Crippen molar-refractivity contribution in [2.45, 2.75) is 32.6 Å². The van der Waals surface area contributed by atoms with Crippen molar-refractivity contribution in [3.8, 4) is 11.3 Å². The van der Waals surface area contributed by atoms with E-state index in [9.17, 15) is 4.79 Å². The van der Waals surface area contributed by atoms with E-state index in [1.54, 1.807) is 13.4 Å². The van der Waals surface area contributed by atoms with Gasteiger partial charge in [0, 0.05) is 44.0 Å². The van der Waals surface area contributed by atoms with Gasteiger partial charge in [-0.3, -0.25) is 9.78 Å². The third-order valence-electron chi connectivity index (χ3n) is 5.73. The summed E-state index contributed by atoms with van der Waals surface area (Å²) in [6.07, 6.45) is 6.78. The number of hydrogen-bond acceptors (Lipinski definition) is 7. The van der Waals surface area contributed by atoms with E-state index in [2.05, 4.69) is 11.0 Å². The van der Waals surface area contributed by atoms with E-state index in [1.165, 1.54) is 0 Å². The molecule has 1 saturated heterocycles. The molecule has 0 spiro atoms. The Morgan fingerprint density at radius 1 is 1.26 bits per heavy atom. The van der Waals surface area contributed by atoms with E-state index in [1.807, 2.05) is 31.3 Å². The highest BCUT2D eigenvalue weighted by Crippen LogP contribution is 2.33. The Morgan fingerprint density at radius 3 is 2.87 bits per heavy atom.